The number of amides is 1. The maximum Gasteiger partial charge on any atom is 0.387 e. The van der Waals surface area contributed by atoms with Crippen molar-refractivity contribution in [1.82, 2.24) is 0 Å². The molecule has 0 saturated carbocycles. The van der Waals surface area contributed by atoms with E-state index >= 15 is 0 Å². The molecule has 1 aromatic rings. The SMILES string of the molecule is COc1ccc(NC(=O)CC(C)(C)N)cc1OC(F)F. The van der Waals surface area contributed by atoms with Crippen LogP contribution in [0, 0.1) is 0 Å². The summed E-state index contributed by atoms with van der Waals surface area (Å²) in [7, 11) is 1.34. The fourth-order valence-corrected chi connectivity index (χ4v) is 1.56. The lowest BCUT2D eigenvalue weighted by atomic mass is 10.0. The third-order valence-electron chi connectivity index (χ3n) is 2.28. The summed E-state index contributed by atoms with van der Waals surface area (Å²) >= 11 is 0. The molecule has 0 aromatic heterocycles. The first-order valence-electron chi connectivity index (χ1n) is 5.93. The van der Waals surface area contributed by atoms with Crippen LogP contribution in [-0.4, -0.2) is 25.2 Å². The second-order valence-electron chi connectivity index (χ2n) is 4.96. The summed E-state index contributed by atoms with van der Waals surface area (Å²) in [5.74, 6) is -0.305. The zero-order valence-corrected chi connectivity index (χ0v) is 11.6. The molecule has 5 nitrogen and oxygen atoms in total. The van der Waals surface area contributed by atoms with Gasteiger partial charge in [0.25, 0.3) is 0 Å². The van der Waals surface area contributed by atoms with Crippen LogP contribution in [0.1, 0.15) is 20.3 Å². The molecule has 20 heavy (non-hydrogen) atoms. The van der Waals surface area contributed by atoms with Gasteiger partial charge >= 0.3 is 6.61 Å². The monoisotopic (exact) mass is 288 g/mol. The Morgan fingerprint density at radius 2 is 2.05 bits per heavy atom. The predicted molar refractivity (Wildman–Crippen MR) is 71.1 cm³/mol. The van der Waals surface area contributed by atoms with Crippen LogP contribution in [0.4, 0.5) is 14.5 Å². The second-order valence-corrected chi connectivity index (χ2v) is 4.96. The molecule has 0 aliphatic rings. The van der Waals surface area contributed by atoms with E-state index < -0.39 is 12.2 Å². The number of benzene rings is 1. The number of carbonyl (C=O) groups is 1. The van der Waals surface area contributed by atoms with Gasteiger partial charge in [0, 0.05) is 23.7 Å². The van der Waals surface area contributed by atoms with E-state index in [-0.39, 0.29) is 23.8 Å². The van der Waals surface area contributed by atoms with Crippen LogP contribution < -0.4 is 20.5 Å². The largest absolute Gasteiger partial charge is 0.493 e. The van der Waals surface area contributed by atoms with Gasteiger partial charge in [0.05, 0.1) is 7.11 Å². The average molecular weight is 288 g/mol. The summed E-state index contributed by atoms with van der Waals surface area (Å²) in [6.07, 6.45) is 0.101. The Hall–Kier alpha value is -1.89. The van der Waals surface area contributed by atoms with E-state index in [1.807, 2.05) is 0 Å². The molecule has 0 spiro atoms. The Balaban J connectivity index is 2.83. The molecule has 7 heteroatoms. The van der Waals surface area contributed by atoms with Crippen LogP contribution in [-0.2, 0) is 4.79 Å². The molecule has 0 heterocycles. The van der Waals surface area contributed by atoms with Crippen LogP contribution in [0.25, 0.3) is 0 Å². The van der Waals surface area contributed by atoms with E-state index in [4.69, 9.17) is 10.5 Å². The molecule has 112 valence electrons. The van der Waals surface area contributed by atoms with E-state index in [1.165, 1.54) is 25.3 Å². The number of nitrogens with two attached hydrogens (primary N) is 1. The van der Waals surface area contributed by atoms with Gasteiger partial charge in [-0.05, 0) is 26.0 Å². The topological polar surface area (TPSA) is 73.6 Å². The van der Waals surface area contributed by atoms with E-state index in [0.717, 1.165) is 0 Å². The maximum absolute atomic E-state index is 12.3. The predicted octanol–water partition coefficient (Wildman–Crippen LogP) is 2.36. The van der Waals surface area contributed by atoms with Crippen molar-refractivity contribution in [2.24, 2.45) is 5.73 Å². The lowest BCUT2D eigenvalue weighted by molar-refractivity contribution is -0.117. The van der Waals surface area contributed by atoms with Crippen molar-refractivity contribution in [3.05, 3.63) is 18.2 Å². The highest BCUT2D eigenvalue weighted by atomic mass is 19.3. The second kappa shape index (κ2) is 6.51. The fraction of sp³-hybridized carbons (Fsp3) is 0.462. The van der Waals surface area contributed by atoms with Gasteiger partial charge in [-0.25, -0.2) is 0 Å². The number of halogens is 2. The minimum atomic E-state index is -2.97. The normalized spacial score (nSPS) is 11.3. The number of nitrogens with one attached hydrogen (secondary N) is 1. The van der Waals surface area contributed by atoms with Crippen LogP contribution >= 0.6 is 0 Å². The van der Waals surface area contributed by atoms with Crippen LogP contribution in [0.3, 0.4) is 0 Å². The summed E-state index contributed by atoms with van der Waals surface area (Å²) in [6.45, 7) is 0.454. The number of hydrogen-bond donors (Lipinski definition) is 2. The quantitative estimate of drug-likeness (QED) is 0.842. The average Bonchev–Trinajstić information content (AvgIpc) is 2.25. The highest BCUT2D eigenvalue weighted by Gasteiger charge is 2.17. The van der Waals surface area contributed by atoms with Gasteiger partial charge in [0.2, 0.25) is 5.91 Å². The first-order chi connectivity index (χ1) is 9.21. The smallest absolute Gasteiger partial charge is 0.387 e. The Labute approximate surface area is 116 Å². The minimum absolute atomic E-state index is 0.101. The van der Waals surface area contributed by atoms with E-state index in [0.29, 0.717) is 5.69 Å². The number of rotatable bonds is 6. The summed E-state index contributed by atoms with van der Waals surface area (Å²) in [6, 6.07) is 4.23. The van der Waals surface area contributed by atoms with Crippen molar-refractivity contribution in [2.75, 3.05) is 12.4 Å². The van der Waals surface area contributed by atoms with E-state index in [1.54, 1.807) is 13.8 Å². The van der Waals surface area contributed by atoms with Crippen LogP contribution in [0.5, 0.6) is 11.5 Å². The van der Waals surface area contributed by atoms with E-state index in [2.05, 4.69) is 10.1 Å². The maximum atomic E-state index is 12.3. The zero-order valence-electron chi connectivity index (χ0n) is 11.6. The Kier molecular flexibility index (Phi) is 5.26. The number of ether oxygens (including phenoxy) is 2. The fourth-order valence-electron chi connectivity index (χ4n) is 1.56. The van der Waals surface area contributed by atoms with Crippen LogP contribution in [0.2, 0.25) is 0 Å². The molecule has 1 rings (SSSR count). The van der Waals surface area contributed by atoms with Crippen molar-refractivity contribution in [2.45, 2.75) is 32.4 Å². The van der Waals surface area contributed by atoms with Crippen molar-refractivity contribution < 1.29 is 23.0 Å². The van der Waals surface area contributed by atoms with Gasteiger partial charge in [0.1, 0.15) is 0 Å². The molecule has 1 amide bonds. The highest BCUT2D eigenvalue weighted by molar-refractivity contribution is 5.91. The molecule has 0 fully saturated rings. The van der Waals surface area contributed by atoms with Gasteiger partial charge in [-0.15, -0.1) is 0 Å². The molecule has 0 radical (unpaired) electrons. The first kappa shape index (κ1) is 16.2. The summed E-state index contributed by atoms with van der Waals surface area (Å²) < 4.78 is 33.8. The summed E-state index contributed by atoms with van der Waals surface area (Å²) in [5, 5.41) is 2.56. The summed E-state index contributed by atoms with van der Waals surface area (Å²) in [4.78, 5) is 11.7. The van der Waals surface area contributed by atoms with Gasteiger partial charge in [-0.3, -0.25) is 4.79 Å². The Bertz CT molecular complexity index is 473. The van der Waals surface area contributed by atoms with Gasteiger partial charge < -0.3 is 20.5 Å². The number of methoxy groups -OCH3 is 1. The number of alkyl halides is 2. The molecule has 0 aliphatic heterocycles. The molecule has 0 saturated heterocycles. The molecule has 3 N–H and O–H groups in total. The van der Waals surface area contributed by atoms with Crippen molar-refractivity contribution >= 4 is 11.6 Å². The van der Waals surface area contributed by atoms with Gasteiger partial charge in [-0.1, -0.05) is 0 Å². The number of hydrogen-bond acceptors (Lipinski definition) is 4. The lowest BCUT2D eigenvalue weighted by Crippen LogP contribution is -2.36. The Morgan fingerprint density at radius 3 is 2.55 bits per heavy atom. The Morgan fingerprint density at radius 1 is 1.40 bits per heavy atom. The first-order valence-corrected chi connectivity index (χ1v) is 5.93. The highest BCUT2D eigenvalue weighted by Crippen LogP contribution is 2.31. The zero-order chi connectivity index (χ0) is 15.3. The number of carbonyl (C=O) groups excluding carboxylic acids is 1. The standard InChI is InChI=1S/C13H18F2N2O3/c1-13(2,16)7-11(18)17-8-4-5-9(19-3)10(6-8)20-12(14)15/h4-6,12H,7,16H2,1-3H3,(H,17,18). The minimum Gasteiger partial charge on any atom is -0.493 e. The van der Waals surface area contributed by atoms with Crippen molar-refractivity contribution in [3.8, 4) is 11.5 Å². The van der Waals surface area contributed by atoms with Crippen molar-refractivity contribution in [1.29, 1.82) is 0 Å². The molecule has 0 bridgehead atoms. The molecular formula is C13H18F2N2O3. The molecule has 0 unspecified atom stereocenters. The molecular weight excluding hydrogens is 270 g/mol. The van der Waals surface area contributed by atoms with E-state index in [9.17, 15) is 13.6 Å². The summed E-state index contributed by atoms with van der Waals surface area (Å²) in [5.41, 5.74) is 5.40. The third kappa shape index (κ3) is 5.40. The number of anilines is 1. The van der Waals surface area contributed by atoms with Gasteiger partial charge in [0.15, 0.2) is 11.5 Å². The third-order valence-corrected chi connectivity index (χ3v) is 2.28. The molecule has 0 atom stereocenters. The molecule has 0 aliphatic carbocycles. The molecule has 1 aromatic carbocycles. The lowest BCUT2D eigenvalue weighted by Gasteiger charge is -2.18. The van der Waals surface area contributed by atoms with Crippen molar-refractivity contribution in [3.63, 3.8) is 0 Å². The van der Waals surface area contributed by atoms with Crippen LogP contribution in [0.15, 0.2) is 18.2 Å². The van der Waals surface area contributed by atoms with Gasteiger partial charge in [-0.2, -0.15) is 8.78 Å².